The maximum Gasteiger partial charge on any atom is 0.418 e. The lowest BCUT2D eigenvalue weighted by Crippen LogP contribution is -2.19. The molecule has 5 nitrogen and oxygen atoms in total. The van der Waals surface area contributed by atoms with Crippen LogP contribution >= 0.6 is 0 Å². The van der Waals surface area contributed by atoms with Crippen molar-refractivity contribution < 1.29 is 21.6 Å². The number of halogens is 3. The van der Waals surface area contributed by atoms with Crippen LogP contribution in [0, 0.1) is 0 Å². The molecule has 1 aliphatic rings. The second-order valence-corrected chi connectivity index (χ2v) is 6.55. The summed E-state index contributed by atoms with van der Waals surface area (Å²) in [6, 6.07) is 4.46. The fraction of sp³-hybridized carbons (Fsp3) is 0.308. The summed E-state index contributed by atoms with van der Waals surface area (Å²) in [6.45, 7) is 0.493. The number of para-hydroxylation sites is 1. The minimum absolute atomic E-state index is 0.114. The number of nitrogens with zero attached hydrogens (tertiary/aromatic N) is 2. The van der Waals surface area contributed by atoms with E-state index in [0.717, 1.165) is 18.6 Å². The molecule has 2 heterocycles. The van der Waals surface area contributed by atoms with Crippen molar-refractivity contribution in [1.29, 1.82) is 0 Å². The molecule has 0 unspecified atom stereocenters. The van der Waals surface area contributed by atoms with E-state index in [1.165, 1.54) is 22.9 Å². The van der Waals surface area contributed by atoms with Crippen LogP contribution in [0.2, 0.25) is 0 Å². The second kappa shape index (κ2) is 5.01. The van der Waals surface area contributed by atoms with Crippen LogP contribution in [0.3, 0.4) is 0 Å². The predicted molar refractivity (Wildman–Crippen MR) is 72.8 cm³/mol. The summed E-state index contributed by atoms with van der Waals surface area (Å²) in [4.78, 5) is 4.00. The van der Waals surface area contributed by atoms with E-state index in [1.807, 2.05) is 4.72 Å². The smallest absolute Gasteiger partial charge is 0.318 e. The highest BCUT2D eigenvalue weighted by molar-refractivity contribution is 7.92. The summed E-state index contributed by atoms with van der Waals surface area (Å²) in [6.07, 6.45) is -2.04. The molecule has 0 spiro atoms. The Balaban J connectivity index is 1.99. The number of aryl methyl sites for hydroxylation is 1. The molecule has 0 bridgehead atoms. The normalized spacial score (nSPS) is 14.9. The Morgan fingerprint density at radius 2 is 1.95 bits per heavy atom. The summed E-state index contributed by atoms with van der Waals surface area (Å²) in [5.41, 5.74) is -1.52. The molecule has 0 saturated carbocycles. The molecule has 118 valence electrons. The summed E-state index contributed by atoms with van der Waals surface area (Å²) < 4.78 is 67.1. The molecule has 0 fully saturated rings. The molecule has 1 aliphatic heterocycles. The zero-order valence-corrected chi connectivity index (χ0v) is 12.1. The van der Waals surface area contributed by atoms with Gasteiger partial charge in [0.1, 0.15) is 5.82 Å². The molecular weight excluding hydrogens is 319 g/mol. The number of aromatic nitrogens is 2. The average Bonchev–Trinajstić information content (AvgIpc) is 2.99. The zero-order chi connectivity index (χ0) is 16.0. The van der Waals surface area contributed by atoms with Gasteiger partial charge in [-0.15, -0.1) is 0 Å². The number of alkyl halides is 3. The number of imidazole rings is 1. The van der Waals surface area contributed by atoms with Crippen LogP contribution in [0.5, 0.6) is 0 Å². The molecule has 1 aromatic heterocycles. The van der Waals surface area contributed by atoms with Gasteiger partial charge in [0.15, 0.2) is 5.03 Å². The largest absolute Gasteiger partial charge is 0.418 e. The molecule has 0 saturated heterocycles. The van der Waals surface area contributed by atoms with Gasteiger partial charge in [-0.1, -0.05) is 12.1 Å². The van der Waals surface area contributed by atoms with Crippen molar-refractivity contribution in [2.24, 2.45) is 0 Å². The van der Waals surface area contributed by atoms with Crippen LogP contribution in [0.4, 0.5) is 18.9 Å². The van der Waals surface area contributed by atoms with E-state index in [1.54, 1.807) is 0 Å². The summed E-state index contributed by atoms with van der Waals surface area (Å²) in [7, 11) is -4.13. The number of nitrogens with one attached hydrogen (secondary N) is 1. The summed E-state index contributed by atoms with van der Waals surface area (Å²) >= 11 is 0. The highest BCUT2D eigenvalue weighted by Crippen LogP contribution is 2.35. The molecule has 3 rings (SSSR count). The third-order valence-corrected chi connectivity index (χ3v) is 4.80. The summed E-state index contributed by atoms with van der Waals surface area (Å²) in [5.74, 6) is 0.629. The van der Waals surface area contributed by atoms with Gasteiger partial charge in [-0.2, -0.15) is 21.6 Å². The third-order valence-electron chi connectivity index (χ3n) is 3.44. The molecule has 0 aliphatic carbocycles. The van der Waals surface area contributed by atoms with Crippen molar-refractivity contribution in [1.82, 2.24) is 9.55 Å². The van der Waals surface area contributed by atoms with Crippen molar-refractivity contribution in [3.63, 3.8) is 0 Å². The van der Waals surface area contributed by atoms with Gasteiger partial charge in [0, 0.05) is 13.0 Å². The van der Waals surface area contributed by atoms with Gasteiger partial charge in [0.25, 0.3) is 10.0 Å². The first-order valence-corrected chi connectivity index (χ1v) is 8.01. The van der Waals surface area contributed by atoms with Crippen LogP contribution < -0.4 is 4.72 Å². The van der Waals surface area contributed by atoms with Crippen molar-refractivity contribution in [3.05, 3.63) is 41.9 Å². The van der Waals surface area contributed by atoms with Gasteiger partial charge in [-0.05, 0) is 18.6 Å². The number of anilines is 1. The van der Waals surface area contributed by atoms with Crippen LogP contribution in [-0.4, -0.2) is 18.0 Å². The number of sulfonamides is 1. The Bertz CT molecular complexity index is 812. The lowest BCUT2D eigenvalue weighted by atomic mass is 10.2. The van der Waals surface area contributed by atoms with Gasteiger partial charge < -0.3 is 4.57 Å². The van der Waals surface area contributed by atoms with E-state index in [0.29, 0.717) is 18.8 Å². The van der Waals surface area contributed by atoms with E-state index in [-0.39, 0.29) is 5.03 Å². The van der Waals surface area contributed by atoms with E-state index >= 15 is 0 Å². The molecule has 1 aromatic carbocycles. The maximum atomic E-state index is 12.9. The fourth-order valence-electron chi connectivity index (χ4n) is 2.46. The Morgan fingerprint density at radius 3 is 2.68 bits per heavy atom. The maximum absolute atomic E-state index is 12.9. The first kappa shape index (κ1) is 14.9. The highest BCUT2D eigenvalue weighted by atomic mass is 32.2. The molecule has 0 atom stereocenters. The Kier molecular flexibility index (Phi) is 3.39. The predicted octanol–water partition coefficient (Wildman–Crippen LogP) is 2.65. The molecule has 2 aromatic rings. The molecule has 22 heavy (non-hydrogen) atoms. The molecule has 9 heteroatoms. The standard InChI is InChI=1S/C13H12F3N3O2S/c14-13(15,16)9-4-1-2-5-10(9)18-22(20,21)12-8-17-11-6-3-7-19(11)12/h1-2,4-5,8,18H,3,6-7H2. The number of benzene rings is 1. The fourth-order valence-corrected chi connectivity index (χ4v) is 3.71. The van der Waals surface area contributed by atoms with Gasteiger partial charge in [0.2, 0.25) is 0 Å². The lowest BCUT2D eigenvalue weighted by Gasteiger charge is -2.14. The third kappa shape index (κ3) is 2.56. The molecule has 0 radical (unpaired) electrons. The van der Waals surface area contributed by atoms with Gasteiger partial charge in [-0.25, -0.2) is 4.98 Å². The Labute approximate surface area is 124 Å². The lowest BCUT2D eigenvalue weighted by molar-refractivity contribution is -0.136. The van der Waals surface area contributed by atoms with Crippen LogP contribution in [0.15, 0.2) is 35.5 Å². The van der Waals surface area contributed by atoms with Crippen LogP contribution in [0.25, 0.3) is 0 Å². The van der Waals surface area contributed by atoms with Gasteiger partial charge in [0.05, 0.1) is 17.4 Å². The van der Waals surface area contributed by atoms with E-state index in [2.05, 4.69) is 4.98 Å². The number of rotatable bonds is 3. The van der Waals surface area contributed by atoms with Crippen molar-refractivity contribution in [2.75, 3.05) is 4.72 Å². The first-order chi connectivity index (χ1) is 10.3. The first-order valence-electron chi connectivity index (χ1n) is 6.52. The minimum Gasteiger partial charge on any atom is -0.318 e. The van der Waals surface area contributed by atoms with E-state index in [4.69, 9.17) is 0 Å². The second-order valence-electron chi connectivity index (χ2n) is 4.92. The Hall–Kier alpha value is -2.03. The molecule has 0 amide bonds. The van der Waals surface area contributed by atoms with Crippen molar-refractivity contribution in [3.8, 4) is 0 Å². The highest BCUT2D eigenvalue weighted by Gasteiger charge is 2.35. The molecular formula is C13H12F3N3O2S. The summed E-state index contributed by atoms with van der Waals surface area (Å²) in [5, 5.41) is -0.114. The topological polar surface area (TPSA) is 64.0 Å². The zero-order valence-electron chi connectivity index (χ0n) is 11.3. The van der Waals surface area contributed by atoms with E-state index < -0.39 is 27.5 Å². The minimum atomic E-state index is -4.64. The number of hydrogen-bond donors (Lipinski definition) is 1. The van der Waals surface area contributed by atoms with Crippen LogP contribution in [0.1, 0.15) is 17.8 Å². The van der Waals surface area contributed by atoms with Gasteiger partial charge >= 0.3 is 6.18 Å². The number of fused-ring (bicyclic) bond motifs is 1. The molecule has 1 N–H and O–H groups in total. The Morgan fingerprint density at radius 1 is 1.23 bits per heavy atom. The SMILES string of the molecule is O=S(=O)(Nc1ccccc1C(F)(F)F)c1cnc2n1CCC2. The average molecular weight is 331 g/mol. The van der Waals surface area contributed by atoms with E-state index in [9.17, 15) is 21.6 Å². The quantitative estimate of drug-likeness (QED) is 0.940. The van der Waals surface area contributed by atoms with Gasteiger partial charge in [-0.3, -0.25) is 4.72 Å². The van der Waals surface area contributed by atoms with Crippen molar-refractivity contribution in [2.45, 2.75) is 30.6 Å². The monoisotopic (exact) mass is 331 g/mol. The van der Waals surface area contributed by atoms with Crippen molar-refractivity contribution >= 4 is 15.7 Å². The number of hydrogen-bond acceptors (Lipinski definition) is 3. The van der Waals surface area contributed by atoms with Crippen LogP contribution in [-0.2, 0) is 29.2 Å².